The highest BCUT2D eigenvalue weighted by atomic mass is 16.5. The average molecular weight is 322 g/mol. The van der Waals surface area contributed by atoms with Crippen molar-refractivity contribution in [3.63, 3.8) is 0 Å². The number of aliphatic imine (C=N–C) groups is 1. The van der Waals surface area contributed by atoms with Crippen LogP contribution in [0.3, 0.4) is 0 Å². The molecule has 0 saturated carbocycles. The summed E-state index contributed by atoms with van der Waals surface area (Å²) in [6.45, 7) is 8.23. The molecule has 7 heteroatoms. The molecular formula is C16H30N6O. The Bertz CT molecular complexity index is 487. The summed E-state index contributed by atoms with van der Waals surface area (Å²) in [5.41, 5.74) is 0. The molecule has 1 fully saturated rings. The normalized spacial score (nSPS) is 19.8. The Morgan fingerprint density at radius 2 is 2.17 bits per heavy atom. The van der Waals surface area contributed by atoms with Gasteiger partial charge in [0.25, 0.3) is 0 Å². The van der Waals surface area contributed by atoms with Crippen LogP contribution in [0, 0.1) is 6.92 Å². The highest BCUT2D eigenvalue weighted by Crippen LogP contribution is 2.15. The van der Waals surface area contributed by atoms with Crippen LogP contribution in [-0.2, 0) is 6.42 Å². The van der Waals surface area contributed by atoms with E-state index in [0.717, 1.165) is 38.1 Å². The van der Waals surface area contributed by atoms with Gasteiger partial charge in [0.05, 0.1) is 0 Å². The van der Waals surface area contributed by atoms with Gasteiger partial charge in [-0.15, -0.1) is 0 Å². The molecule has 1 aliphatic rings. The van der Waals surface area contributed by atoms with Gasteiger partial charge < -0.3 is 20.1 Å². The van der Waals surface area contributed by atoms with Gasteiger partial charge in [-0.05, 0) is 39.7 Å². The van der Waals surface area contributed by atoms with Crippen LogP contribution >= 0.6 is 0 Å². The topological polar surface area (TPSA) is 78.6 Å². The van der Waals surface area contributed by atoms with Gasteiger partial charge >= 0.3 is 0 Å². The maximum Gasteiger partial charge on any atom is 0.228 e. The summed E-state index contributed by atoms with van der Waals surface area (Å²) in [4.78, 5) is 11.0. The molecular weight excluding hydrogens is 292 g/mol. The molecule has 1 aromatic heterocycles. The summed E-state index contributed by atoms with van der Waals surface area (Å²) in [5, 5.41) is 10.4. The Kier molecular flexibility index (Phi) is 7.32. The Balaban J connectivity index is 1.57. The monoisotopic (exact) mass is 322 g/mol. The van der Waals surface area contributed by atoms with Crippen molar-refractivity contribution in [2.75, 3.05) is 33.2 Å². The molecule has 0 aromatic carbocycles. The standard InChI is InChI=1S/C16H30N6O/c1-13-7-4-5-11-22(13)12-6-9-18-16(17-3)19-10-8-15-20-14(2)21-23-15/h13H,4-12H2,1-3H3,(H2,17,18,19). The molecule has 0 bridgehead atoms. The van der Waals surface area contributed by atoms with Gasteiger partial charge in [-0.25, -0.2) is 0 Å². The second-order valence-corrected chi connectivity index (χ2v) is 6.15. The number of aryl methyl sites for hydroxylation is 1. The van der Waals surface area contributed by atoms with Crippen LogP contribution in [0.25, 0.3) is 0 Å². The van der Waals surface area contributed by atoms with Gasteiger partial charge in [0.15, 0.2) is 11.8 Å². The maximum atomic E-state index is 5.09. The van der Waals surface area contributed by atoms with Crippen molar-refractivity contribution in [2.45, 2.75) is 52.0 Å². The molecule has 23 heavy (non-hydrogen) atoms. The Morgan fingerprint density at radius 3 is 2.87 bits per heavy atom. The minimum Gasteiger partial charge on any atom is -0.356 e. The minimum absolute atomic E-state index is 0.657. The average Bonchev–Trinajstić information content (AvgIpc) is 2.96. The molecule has 1 saturated heterocycles. The van der Waals surface area contributed by atoms with Crippen LogP contribution in [0.4, 0.5) is 0 Å². The predicted octanol–water partition coefficient (Wildman–Crippen LogP) is 1.35. The SMILES string of the molecule is CN=C(NCCCN1CCCCC1C)NCCc1nc(C)no1. The van der Waals surface area contributed by atoms with Crippen molar-refractivity contribution in [1.29, 1.82) is 0 Å². The fourth-order valence-corrected chi connectivity index (χ4v) is 2.93. The van der Waals surface area contributed by atoms with Gasteiger partial charge in [-0.3, -0.25) is 4.99 Å². The number of nitrogens with one attached hydrogen (secondary N) is 2. The number of guanidine groups is 1. The van der Waals surface area contributed by atoms with Gasteiger partial charge in [0.1, 0.15) is 0 Å². The lowest BCUT2D eigenvalue weighted by Gasteiger charge is -2.33. The van der Waals surface area contributed by atoms with E-state index in [1.165, 1.54) is 25.8 Å². The maximum absolute atomic E-state index is 5.09. The first-order valence-corrected chi connectivity index (χ1v) is 8.67. The molecule has 2 N–H and O–H groups in total. The minimum atomic E-state index is 0.657. The zero-order valence-electron chi connectivity index (χ0n) is 14.6. The zero-order chi connectivity index (χ0) is 16.5. The number of aromatic nitrogens is 2. The highest BCUT2D eigenvalue weighted by Gasteiger charge is 2.17. The second-order valence-electron chi connectivity index (χ2n) is 6.15. The number of hydrogen-bond donors (Lipinski definition) is 2. The quantitative estimate of drug-likeness (QED) is 0.448. The second kappa shape index (κ2) is 9.50. The summed E-state index contributed by atoms with van der Waals surface area (Å²) in [5.74, 6) is 2.16. The number of rotatable bonds is 7. The molecule has 0 radical (unpaired) electrons. The fraction of sp³-hybridized carbons (Fsp3) is 0.812. The zero-order valence-corrected chi connectivity index (χ0v) is 14.6. The first-order chi connectivity index (χ1) is 11.2. The Morgan fingerprint density at radius 1 is 1.35 bits per heavy atom. The molecule has 7 nitrogen and oxygen atoms in total. The number of nitrogens with zero attached hydrogens (tertiary/aromatic N) is 4. The van der Waals surface area contributed by atoms with Crippen LogP contribution in [-0.4, -0.2) is 60.3 Å². The van der Waals surface area contributed by atoms with E-state index in [1.807, 2.05) is 6.92 Å². The van der Waals surface area contributed by atoms with Crippen LogP contribution < -0.4 is 10.6 Å². The predicted molar refractivity (Wildman–Crippen MR) is 91.6 cm³/mol. The van der Waals surface area contributed by atoms with Crippen molar-refractivity contribution in [1.82, 2.24) is 25.7 Å². The summed E-state index contributed by atoms with van der Waals surface area (Å²) >= 11 is 0. The molecule has 0 aliphatic carbocycles. The van der Waals surface area contributed by atoms with Gasteiger partial charge in [0.2, 0.25) is 5.89 Å². The largest absolute Gasteiger partial charge is 0.356 e. The van der Waals surface area contributed by atoms with E-state index in [1.54, 1.807) is 7.05 Å². The molecule has 0 amide bonds. The first kappa shape index (κ1) is 17.7. The van der Waals surface area contributed by atoms with E-state index in [2.05, 4.69) is 37.6 Å². The van der Waals surface area contributed by atoms with Crippen LogP contribution in [0.5, 0.6) is 0 Å². The summed E-state index contributed by atoms with van der Waals surface area (Å²) in [7, 11) is 1.79. The van der Waals surface area contributed by atoms with E-state index in [-0.39, 0.29) is 0 Å². The van der Waals surface area contributed by atoms with E-state index in [0.29, 0.717) is 18.1 Å². The van der Waals surface area contributed by atoms with Crippen molar-refractivity contribution in [3.8, 4) is 0 Å². The van der Waals surface area contributed by atoms with Crippen molar-refractivity contribution in [3.05, 3.63) is 11.7 Å². The summed E-state index contributed by atoms with van der Waals surface area (Å²) in [6.07, 6.45) is 5.90. The number of likely N-dealkylation sites (tertiary alicyclic amines) is 1. The van der Waals surface area contributed by atoms with E-state index >= 15 is 0 Å². The van der Waals surface area contributed by atoms with Gasteiger partial charge in [-0.1, -0.05) is 11.6 Å². The number of hydrogen-bond acceptors (Lipinski definition) is 5. The molecule has 1 unspecified atom stereocenters. The lowest BCUT2D eigenvalue weighted by Crippen LogP contribution is -2.41. The Labute approximate surface area is 138 Å². The molecule has 2 heterocycles. The molecule has 2 rings (SSSR count). The van der Waals surface area contributed by atoms with Crippen LogP contribution in [0.15, 0.2) is 9.52 Å². The van der Waals surface area contributed by atoms with E-state index in [4.69, 9.17) is 4.52 Å². The third kappa shape index (κ3) is 6.17. The third-order valence-corrected chi connectivity index (χ3v) is 4.28. The van der Waals surface area contributed by atoms with Crippen LogP contribution in [0.2, 0.25) is 0 Å². The molecule has 1 aliphatic heterocycles. The lowest BCUT2D eigenvalue weighted by molar-refractivity contribution is 0.159. The summed E-state index contributed by atoms with van der Waals surface area (Å²) < 4.78 is 5.09. The van der Waals surface area contributed by atoms with Crippen molar-refractivity contribution >= 4 is 5.96 Å². The number of piperidine rings is 1. The van der Waals surface area contributed by atoms with Gasteiger partial charge in [-0.2, -0.15) is 4.98 Å². The highest BCUT2D eigenvalue weighted by molar-refractivity contribution is 5.79. The van der Waals surface area contributed by atoms with Crippen molar-refractivity contribution in [2.24, 2.45) is 4.99 Å². The van der Waals surface area contributed by atoms with Crippen molar-refractivity contribution < 1.29 is 4.52 Å². The lowest BCUT2D eigenvalue weighted by atomic mass is 10.0. The molecule has 1 aromatic rings. The summed E-state index contributed by atoms with van der Waals surface area (Å²) in [6, 6.07) is 0.735. The molecule has 130 valence electrons. The first-order valence-electron chi connectivity index (χ1n) is 8.67. The van der Waals surface area contributed by atoms with E-state index in [9.17, 15) is 0 Å². The molecule has 1 atom stereocenters. The third-order valence-electron chi connectivity index (χ3n) is 4.28. The molecule has 0 spiro atoms. The van der Waals surface area contributed by atoms with Gasteiger partial charge in [0, 0.05) is 39.1 Å². The fourth-order valence-electron chi connectivity index (χ4n) is 2.93. The van der Waals surface area contributed by atoms with Crippen LogP contribution in [0.1, 0.15) is 44.3 Å². The smallest absolute Gasteiger partial charge is 0.228 e. The Hall–Kier alpha value is -1.63. The van der Waals surface area contributed by atoms with E-state index < -0.39 is 0 Å².